The molecule has 0 bridgehead atoms. The largest absolute Gasteiger partial charge is 0.508 e. The van der Waals surface area contributed by atoms with Gasteiger partial charge in [0.25, 0.3) is 0 Å². The molecule has 15 heavy (non-hydrogen) atoms. The normalized spacial score (nSPS) is 10.2. The minimum Gasteiger partial charge on any atom is -0.508 e. The van der Waals surface area contributed by atoms with Gasteiger partial charge in [0.1, 0.15) is 5.75 Å². The Morgan fingerprint density at radius 2 is 2.20 bits per heavy atom. The topological polar surface area (TPSA) is 75.9 Å². The van der Waals surface area contributed by atoms with Gasteiger partial charge in [0.2, 0.25) is 5.95 Å². The molecule has 0 aliphatic rings. The minimum absolute atomic E-state index is 0.264. The van der Waals surface area contributed by atoms with Gasteiger partial charge in [0, 0.05) is 19.2 Å². The molecule has 2 aromatic rings. The van der Waals surface area contributed by atoms with Crippen molar-refractivity contribution >= 4 is 5.95 Å². The highest BCUT2D eigenvalue weighted by Gasteiger charge is 2.03. The Balaban J connectivity index is 2.06. The number of nitrogens with zero attached hydrogens (tertiary/aromatic N) is 4. The van der Waals surface area contributed by atoms with Gasteiger partial charge in [-0.25, -0.2) is 4.68 Å². The fraction of sp³-hybridized carbons (Fsp3) is 0.222. The molecule has 0 fully saturated rings. The Morgan fingerprint density at radius 3 is 2.87 bits per heavy atom. The minimum atomic E-state index is 0.264. The molecule has 0 saturated heterocycles. The van der Waals surface area contributed by atoms with Crippen molar-refractivity contribution < 1.29 is 5.11 Å². The standard InChI is InChI=1S/C9H11N5O/c1-14-9(11-12-13-14)10-6-7-4-2-3-5-8(7)15/h2-5,15H,6H2,1H3,(H,10,11,13). The smallest absolute Gasteiger partial charge is 0.242 e. The number of aromatic nitrogens is 4. The van der Waals surface area contributed by atoms with E-state index in [0.29, 0.717) is 12.5 Å². The number of para-hydroxylation sites is 1. The van der Waals surface area contributed by atoms with E-state index in [4.69, 9.17) is 0 Å². The van der Waals surface area contributed by atoms with Crippen LogP contribution >= 0.6 is 0 Å². The van der Waals surface area contributed by atoms with Crippen LogP contribution in [0.25, 0.3) is 0 Å². The molecule has 0 atom stereocenters. The highest BCUT2D eigenvalue weighted by molar-refractivity contribution is 5.35. The van der Waals surface area contributed by atoms with Crippen LogP contribution in [0.2, 0.25) is 0 Å². The molecule has 1 aromatic carbocycles. The van der Waals surface area contributed by atoms with E-state index in [1.165, 1.54) is 4.68 Å². The van der Waals surface area contributed by atoms with E-state index in [1.54, 1.807) is 19.2 Å². The second kappa shape index (κ2) is 3.95. The van der Waals surface area contributed by atoms with E-state index in [-0.39, 0.29) is 5.75 Å². The van der Waals surface area contributed by atoms with E-state index in [9.17, 15) is 5.11 Å². The summed E-state index contributed by atoms with van der Waals surface area (Å²) in [5.74, 6) is 0.832. The van der Waals surface area contributed by atoms with Crippen LogP contribution in [0.3, 0.4) is 0 Å². The predicted octanol–water partition coefficient (Wildman–Crippen LogP) is 0.528. The van der Waals surface area contributed by atoms with Crippen LogP contribution < -0.4 is 5.32 Å². The Morgan fingerprint density at radius 1 is 1.40 bits per heavy atom. The number of phenolic OH excluding ortho intramolecular Hbond substituents is 1. The molecule has 0 amide bonds. The van der Waals surface area contributed by atoms with E-state index >= 15 is 0 Å². The highest BCUT2D eigenvalue weighted by atomic mass is 16.3. The number of anilines is 1. The number of hydrogen-bond acceptors (Lipinski definition) is 5. The number of aryl methyl sites for hydroxylation is 1. The predicted molar refractivity (Wildman–Crippen MR) is 54.2 cm³/mol. The molecule has 2 rings (SSSR count). The molecule has 0 saturated carbocycles. The van der Waals surface area contributed by atoms with Crippen molar-refractivity contribution in [3.8, 4) is 5.75 Å². The zero-order chi connectivity index (χ0) is 10.7. The SMILES string of the molecule is Cn1nnnc1NCc1ccccc1O. The average molecular weight is 205 g/mol. The highest BCUT2D eigenvalue weighted by Crippen LogP contribution is 2.16. The van der Waals surface area contributed by atoms with Crippen LogP contribution in [0.4, 0.5) is 5.95 Å². The summed E-state index contributed by atoms with van der Waals surface area (Å²) >= 11 is 0. The van der Waals surface area contributed by atoms with Gasteiger partial charge >= 0.3 is 0 Å². The molecule has 0 aliphatic heterocycles. The molecule has 0 radical (unpaired) electrons. The van der Waals surface area contributed by atoms with Gasteiger partial charge in [-0.3, -0.25) is 0 Å². The number of hydrogen-bond donors (Lipinski definition) is 2. The van der Waals surface area contributed by atoms with Gasteiger partial charge in [0.05, 0.1) is 0 Å². The van der Waals surface area contributed by atoms with Crippen LogP contribution in [0, 0.1) is 0 Å². The molecule has 6 heteroatoms. The van der Waals surface area contributed by atoms with Crippen molar-refractivity contribution in [1.29, 1.82) is 0 Å². The van der Waals surface area contributed by atoms with E-state index < -0.39 is 0 Å². The van der Waals surface area contributed by atoms with Gasteiger partial charge in [-0.15, -0.1) is 0 Å². The van der Waals surface area contributed by atoms with Crippen LogP contribution in [0.15, 0.2) is 24.3 Å². The van der Waals surface area contributed by atoms with Gasteiger partial charge in [-0.1, -0.05) is 23.3 Å². The Kier molecular flexibility index (Phi) is 2.49. The molecule has 2 N–H and O–H groups in total. The van der Waals surface area contributed by atoms with Crippen molar-refractivity contribution in [3.63, 3.8) is 0 Å². The quantitative estimate of drug-likeness (QED) is 0.764. The van der Waals surface area contributed by atoms with Crippen LogP contribution in [-0.4, -0.2) is 25.3 Å². The first kappa shape index (κ1) is 9.45. The maximum absolute atomic E-state index is 9.51. The lowest BCUT2D eigenvalue weighted by Crippen LogP contribution is -2.05. The van der Waals surface area contributed by atoms with Crippen LogP contribution in [-0.2, 0) is 13.6 Å². The fourth-order valence-corrected chi connectivity index (χ4v) is 1.21. The first-order chi connectivity index (χ1) is 7.27. The molecule has 0 unspecified atom stereocenters. The van der Waals surface area contributed by atoms with Crippen LogP contribution in [0.5, 0.6) is 5.75 Å². The number of aromatic hydroxyl groups is 1. The number of phenols is 1. The van der Waals surface area contributed by atoms with Crippen molar-refractivity contribution in [2.45, 2.75) is 6.54 Å². The summed E-state index contributed by atoms with van der Waals surface area (Å²) in [6.07, 6.45) is 0. The van der Waals surface area contributed by atoms with Gasteiger partial charge < -0.3 is 10.4 Å². The lowest BCUT2D eigenvalue weighted by Gasteiger charge is -2.05. The molecular weight excluding hydrogens is 194 g/mol. The number of benzene rings is 1. The Bertz CT molecular complexity index is 453. The molecule has 0 spiro atoms. The molecule has 78 valence electrons. The number of tetrazole rings is 1. The monoisotopic (exact) mass is 205 g/mol. The van der Waals surface area contributed by atoms with Gasteiger partial charge in [-0.05, 0) is 16.5 Å². The van der Waals surface area contributed by atoms with Crippen LogP contribution in [0.1, 0.15) is 5.56 Å². The van der Waals surface area contributed by atoms with E-state index in [1.807, 2.05) is 12.1 Å². The third kappa shape index (κ3) is 2.04. The zero-order valence-corrected chi connectivity index (χ0v) is 8.25. The van der Waals surface area contributed by atoms with Crippen molar-refractivity contribution in [2.75, 3.05) is 5.32 Å². The molecule has 6 nitrogen and oxygen atoms in total. The third-order valence-electron chi connectivity index (χ3n) is 2.05. The Labute approximate surface area is 86.5 Å². The van der Waals surface area contributed by atoms with E-state index in [0.717, 1.165) is 5.56 Å². The second-order valence-electron chi connectivity index (χ2n) is 3.11. The second-order valence-corrected chi connectivity index (χ2v) is 3.11. The molecule has 0 aliphatic carbocycles. The molecular formula is C9H11N5O. The summed E-state index contributed by atoms with van der Waals surface area (Å²) in [7, 11) is 1.74. The summed E-state index contributed by atoms with van der Waals surface area (Å²) in [5, 5.41) is 23.5. The molecule has 1 heterocycles. The lowest BCUT2D eigenvalue weighted by atomic mass is 10.2. The molecule has 1 aromatic heterocycles. The fourth-order valence-electron chi connectivity index (χ4n) is 1.21. The van der Waals surface area contributed by atoms with Gasteiger partial charge in [-0.2, -0.15) is 0 Å². The maximum Gasteiger partial charge on any atom is 0.242 e. The van der Waals surface area contributed by atoms with Crippen molar-refractivity contribution in [2.24, 2.45) is 7.05 Å². The summed E-state index contributed by atoms with van der Waals surface area (Å²) in [6.45, 7) is 0.487. The van der Waals surface area contributed by atoms with Gasteiger partial charge in [0.15, 0.2) is 0 Å². The summed E-state index contributed by atoms with van der Waals surface area (Å²) in [6, 6.07) is 7.13. The number of nitrogens with one attached hydrogen (secondary N) is 1. The van der Waals surface area contributed by atoms with Crippen molar-refractivity contribution in [3.05, 3.63) is 29.8 Å². The average Bonchev–Trinajstić information content (AvgIpc) is 2.63. The first-order valence-corrected chi connectivity index (χ1v) is 4.50. The van der Waals surface area contributed by atoms with E-state index in [2.05, 4.69) is 20.8 Å². The third-order valence-corrected chi connectivity index (χ3v) is 2.05. The summed E-state index contributed by atoms with van der Waals surface area (Å²) in [4.78, 5) is 0. The maximum atomic E-state index is 9.51. The number of rotatable bonds is 3. The summed E-state index contributed by atoms with van der Waals surface area (Å²) in [5.41, 5.74) is 0.806. The van der Waals surface area contributed by atoms with Crippen molar-refractivity contribution in [1.82, 2.24) is 20.2 Å². The Hall–Kier alpha value is -2.11. The first-order valence-electron chi connectivity index (χ1n) is 4.50. The summed E-state index contributed by atoms with van der Waals surface area (Å²) < 4.78 is 1.53. The zero-order valence-electron chi connectivity index (χ0n) is 8.25. The lowest BCUT2D eigenvalue weighted by molar-refractivity contribution is 0.469.